The second-order valence-corrected chi connectivity index (χ2v) is 7.88. The molecule has 0 bridgehead atoms. The number of imidazole rings is 1. The van der Waals surface area contributed by atoms with Crippen molar-refractivity contribution in [1.82, 2.24) is 18.9 Å². The molecule has 7 nitrogen and oxygen atoms in total. The third kappa shape index (κ3) is 3.71. The van der Waals surface area contributed by atoms with Crippen molar-refractivity contribution in [2.75, 3.05) is 13.1 Å². The molecule has 4 rings (SSSR count). The molecule has 150 valence electrons. The van der Waals surface area contributed by atoms with Gasteiger partial charge < -0.3 is 10.0 Å². The number of aliphatic hydroxyl groups is 1. The Morgan fingerprint density at radius 2 is 2.07 bits per heavy atom. The van der Waals surface area contributed by atoms with Crippen LogP contribution in [0.5, 0.6) is 0 Å². The van der Waals surface area contributed by atoms with Crippen molar-refractivity contribution in [1.29, 1.82) is 0 Å². The van der Waals surface area contributed by atoms with Gasteiger partial charge in [-0.2, -0.15) is 0 Å². The van der Waals surface area contributed by atoms with Crippen molar-refractivity contribution in [2.24, 2.45) is 0 Å². The highest BCUT2D eigenvalue weighted by molar-refractivity contribution is 6.30. The largest absolute Gasteiger partial charge is 0.389 e. The fraction of sp³-hybridized carbons (Fsp3) is 0.286. The minimum Gasteiger partial charge on any atom is -0.389 e. The summed E-state index contributed by atoms with van der Waals surface area (Å²) in [6, 6.07) is 7.29. The van der Waals surface area contributed by atoms with E-state index in [0.29, 0.717) is 17.3 Å². The Morgan fingerprint density at radius 3 is 2.72 bits per heavy atom. The Bertz CT molecular complexity index is 1180. The van der Waals surface area contributed by atoms with E-state index in [9.17, 15) is 14.7 Å². The lowest BCUT2D eigenvalue weighted by molar-refractivity contribution is 0.00555. The summed E-state index contributed by atoms with van der Waals surface area (Å²) in [5.41, 5.74) is 2.64. The summed E-state index contributed by atoms with van der Waals surface area (Å²) in [5.74, 6) is -0.293. The van der Waals surface area contributed by atoms with Gasteiger partial charge in [0.25, 0.3) is 11.5 Å². The maximum Gasteiger partial charge on any atom is 0.295 e. The van der Waals surface area contributed by atoms with Crippen molar-refractivity contribution in [3.05, 3.63) is 69.4 Å². The molecule has 29 heavy (non-hydrogen) atoms. The first kappa shape index (κ1) is 19.4. The number of nitrogens with zero attached hydrogens (tertiary/aromatic N) is 4. The van der Waals surface area contributed by atoms with Crippen LogP contribution >= 0.6 is 11.6 Å². The van der Waals surface area contributed by atoms with E-state index in [0.717, 1.165) is 11.1 Å². The zero-order valence-electron chi connectivity index (χ0n) is 16.2. The van der Waals surface area contributed by atoms with Crippen LogP contribution in [0.4, 0.5) is 0 Å². The Hall–Kier alpha value is -2.90. The summed E-state index contributed by atoms with van der Waals surface area (Å²) in [6.45, 7) is 4.89. The van der Waals surface area contributed by atoms with Gasteiger partial charge in [0.05, 0.1) is 11.8 Å². The van der Waals surface area contributed by atoms with Crippen molar-refractivity contribution in [3.8, 4) is 11.3 Å². The minimum atomic E-state index is -0.494. The Balaban J connectivity index is 1.86. The van der Waals surface area contributed by atoms with Crippen LogP contribution in [-0.4, -0.2) is 49.1 Å². The summed E-state index contributed by atoms with van der Waals surface area (Å²) in [5, 5.41) is 10.0. The van der Waals surface area contributed by atoms with Crippen LogP contribution in [0.2, 0.25) is 5.02 Å². The van der Waals surface area contributed by atoms with Crippen LogP contribution in [-0.2, 0) is 6.54 Å². The molecule has 1 aromatic carbocycles. The molecule has 1 aliphatic rings. The summed E-state index contributed by atoms with van der Waals surface area (Å²) < 4.78 is 3.21. The predicted octanol–water partition coefficient (Wildman–Crippen LogP) is 2.60. The summed E-state index contributed by atoms with van der Waals surface area (Å²) in [4.78, 5) is 31.6. The molecule has 1 saturated heterocycles. The van der Waals surface area contributed by atoms with Crippen LogP contribution in [0.25, 0.3) is 16.9 Å². The number of hydrogen-bond acceptors (Lipinski definition) is 4. The van der Waals surface area contributed by atoms with E-state index < -0.39 is 6.10 Å². The summed E-state index contributed by atoms with van der Waals surface area (Å²) in [7, 11) is 0. The first-order valence-corrected chi connectivity index (χ1v) is 9.70. The maximum absolute atomic E-state index is 13.2. The normalized spacial score (nSPS) is 14.1. The molecular formula is C21H21ClN4O3. The van der Waals surface area contributed by atoms with Gasteiger partial charge in [-0.3, -0.25) is 18.6 Å². The van der Waals surface area contributed by atoms with Crippen molar-refractivity contribution in [3.63, 3.8) is 0 Å². The number of carbonyl (C=O) groups is 1. The molecule has 0 spiro atoms. The third-order valence-corrected chi connectivity index (χ3v) is 5.13. The first-order valence-electron chi connectivity index (χ1n) is 9.32. The number of β-amino-alcohol motifs (C(OH)–C–C–N with tert-alkyl or cyclic N) is 1. The number of rotatable bonds is 4. The van der Waals surface area contributed by atoms with E-state index in [1.54, 1.807) is 33.5 Å². The van der Waals surface area contributed by atoms with Gasteiger partial charge in [-0.25, -0.2) is 4.98 Å². The van der Waals surface area contributed by atoms with Gasteiger partial charge >= 0.3 is 0 Å². The Labute approximate surface area is 172 Å². The lowest BCUT2D eigenvalue weighted by Gasteiger charge is -2.35. The minimum absolute atomic E-state index is 0.183. The van der Waals surface area contributed by atoms with E-state index in [2.05, 4.69) is 4.98 Å². The molecule has 1 N–H and O–H groups in total. The van der Waals surface area contributed by atoms with E-state index in [4.69, 9.17) is 11.6 Å². The number of halogens is 1. The monoisotopic (exact) mass is 412 g/mol. The van der Waals surface area contributed by atoms with Gasteiger partial charge in [-0.05, 0) is 26.0 Å². The lowest BCUT2D eigenvalue weighted by Crippen LogP contribution is -2.53. The number of allylic oxidation sites excluding steroid dienone is 2. The van der Waals surface area contributed by atoms with Crippen molar-refractivity contribution < 1.29 is 9.90 Å². The maximum atomic E-state index is 13.2. The molecule has 3 heterocycles. The number of aromatic nitrogens is 3. The quantitative estimate of drug-likeness (QED) is 0.668. The van der Waals surface area contributed by atoms with Crippen LogP contribution in [0.15, 0.2) is 53.1 Å². The van der Waals surface area contributed by atoms with Gasteiger partial charge in [0.15, 0.2) is 0 Å². The molecule has 2 aromatic heterocycles. The first-order chi connectivity index (χ1) is 13.8. The molecule has 0 saturated carbocycles. The molecule has 1 aliphatic heterocycles. The van der Waals surface area contributed by atoms with Crippen LogP contribution in [0.3, 0.4) is 0 Å². The SMILES string of the molecule is CC(C)=CCn1c(-c2cccc(Cl)c2)cn2cc(C(=O)N3CC(O)C3)nc2c1=O. The van der Waals surface area contributed by atoms with Crippen molar-refractivity contribution >= 4 is 23.2 Å². The average molecular weight is 413 g/mol. The predicted molar refractivity (Wildman–Crippen MR) is 111 cm³/mol. The standard InChI is InChI=1S/C21H21ClN4O3/c1-13(2)6-7-26-18(14-4-3-5-15(22)8-14)12-24-11-17(23-19(24)21(26)29)20(28)25-9-16(27)10-25/h3-6,8,11-12,16,27H,7,9-10H2,1-2H3. The van der Waals surface area contributed by atoms with E-state index in [-0.39, 0.29) is 35.9 Å². The molecule has 1 fully saturated rings. The molecule has 0 atom stereocenters. The van der Waals surface area contributed by atoms with E-state index in [1.807, 2.05) is 32.1 Å². The van der Waals surface area contributed by atoms with E-state index in [1.165, 1.54) is 4.90 Å². The molecule has 0 aliphatic carbocycles. The summed E-state index contributed by atoms with van der Waals surface area (Å²) >= 11 is 6.16. The average Bonchev–Trinajstić information content (AvgIpc) is 3.08. The zero-order chi connectivity index (χ0) is 20.7. The van der Waals surface area contributed by atoms with Gasteiger partial charge in [-0.15, -0.1) is 0 Å². The highest BCUT2D eigenvalue weighted by Gasteiger charge is 2.31. The molecule has 1 amide bonds. The molecule has 8 heteroatoms. The van der Waals surface area contributed by atoms with Crippen molar-refractivity contribution in [2.45, 2.75) is 26.5 Å². The Kier molecular flexibility index (Phi) is 5.02. The number of fused-ring (bicyclic) bond motifs is 1. The number of amides is 1. The highest BCUT2D eigenvalue weighted by Crippen LogP contribution is 2.23. The molecule has 3 aromatic rings. The zero-order valence-corrected chi connectivity index (χ0v) is 16.9. The highest BCUT2D eigenvalue weighted by atomic mass is 35.5. The number of carbonyl (C=O) groups excluding carboxylic acids is 1. The van der Waals surface area contributed by atoms with Gasteiger partial charge in [0.1, 0.15) is 5.69 Å². The fourth-order valence-electron chi connectivity index (χ4n) is 3.30. The number of hydrogen-bond donors (Lipinski definition) is 1. The molecule has 0 unspecified atom stereocenters. The van der Waals surface area contributed by atoms with E-state index >= 15 is 0 Å². The Morgan fingerprint density at radius 1 is 1.31 bits per heavy atom. The van der Waals surface area contributed by atoms with Gasteiger partial charge in [-0.1, -0.05) is 35.4 Å². The number of benzene rings is 1. The second kappa shape index (κ2) is 7.50. The van der Waals surface area contributed by atoms with Crippen LogP contribution in [0, 0.1) is 0 Å². The van der Waals surface area contributed by atoms with Gasteiger partial charge in [0, 0.05) is 42.6 Å². The molecule has 0 radical (unpaired) electrons. The van der Waals surface area contributed by atoms with Crippen LogP contribution in [0.1, 0.15) is 24.3 Å². The smallest absolute Gasteiger partial charge is 0.295 e. The lowest BCUT2D eigenvalue weighted by atomic mass is 10.1. The second-order valence-electron chi connectivity index (χ2n) is 7.44. The third-order valence-electron chi connectivity index (χ3n) is 4.89. The fourth-order valence-corrected chi connectivity index (χ4v) is 3.49. The molecular weight excluding hydrogens is 392 g/mol. The van der Waals surface area contributed by atoms with Crippen LogP contribution < -0.4 is 5.56 Å². The number of likely N-dealkylation sites (tertiary alicyclic amines) is 1. The van der Waals surface area contributed by atoms with Gasteiger partial charge in [0.2, 0.25) is 5.65 Å². The summed E-state index contributed by atoms with van der Waals surface area (Å²) in [6.07, 6.45) is 4.81. The number of aliphatic hydroxyl groups excluding tert-OH is 1. The topological polar surface area (TPSA) is 79.8 Å².